The van der Waals surface area contributed by atoms with Crippen LogP contribution in [0, 0.1) is 11.8 Å². The minimum absolute atomic E-state index is 0.0333. The van der Waals surface area contributed by atoms with E-state index in [0.717, 1.165) is 30.4 Å². The average molecular weight is 421 g/mol. The number of aliphatic hydroxyl groups excluding tert-OH is 1. The highest BCUT2D eigenvalue weighted by atomic mass is 19.4. The molecule has 2 aromatic rings. The van der Waals surface area contributed by atoms with Gasteiger partial charge in [0.05, 0.1) is 6.10 Å². The first-order valence-corrected chi connectivity index (χ1v) is 10.2. The Morgan fingerprint density at radius 2 is 1.77 bits per heavy atom. The van der Waals surface area contributed by atoms with Gasteiger partial charge in [-0.15, -0.1) is 13.2 Å². The Morgan fingerprint density at radius 1 is 1.07 bits per heavy atom. The van der Waals surface area contributed by atoms with Crippen LogP contribution in [0.3, 0.4) is 0 Å². The van der Waals surface area contributed by atoms with Gasteiger partial charge in [0.1, 0.15) is 5.75 Å². The number of rotatable bonds is 8. The molecule has 1 saturated carbocycles. The summed E-state index contributed by atoms with van der Waals surface area (Å²) < 4.78 is 40.6. The summed E-state index contributed by atoms with van der Waals surface area (Å²) in [6, 6.07) is 15.3. The number of carbonyl (C=O) groups is 1. The largest absolute Gasteiger partial charge is 0.573 e. The van der Waals surface area contributed by atoms with Crippen LogP contribution in [0.15, 0.2) is 54.6 Å². The van der Waals surface area contributed by atoms with Crippen molar-refractivity contribution in [1.29, 1.82) is 0 Å². The summed E-state index contributed by atoms with van der Waals surface area (Å²) in [4.78, 5) is 12.6. The third kappa shape index (κ3) is 6.49. The van der Waals surface area contributed by atoms with Crippen LogP contribution >= 0.6 is 0 Å². The van der Waals surface area contributed by atoms with E-state index in [2.05, 4.69) is 10.1 Å². The number of ether oxygens (including phenoxy) is 1. The van der Waals surface area contributed by atoms with Crippen LogP contribution in [-0.2, 0) is 17.8 Å². The molecule has 3 rings (SSSR count). The van der Waals surface area contributed by atoms with Crippen molar-refractivity contribution in [2.45, 2.75) is 51.1 Å². The summed E-state index contributed by atoms with van der Waals surface area (Å²) in [7, 11) is 0. The van der Waals surface area contributed by atoms with Gasteiger partial charge in [-0.3, -0.25) is 4.79 Å². The van der Waals surface area contributed by atoms with Gasteiger partial charge in [0.25, 0.3) is 0 Å². The molecule has 1 aliphatic carbocycles. The topological polar surface area (TPSA) is 58.6 Å². The zero-order valence-corrected chi connectivity index (χ0v) is 16.6. The summed E-state index contributed by atoms with van der Waals surface area (Å²) in [5, 5.41) is 13.6. The summed E-state index contributed by atoms with van der Waals surface area (Å²) in [5.41, 5.74) is 1.84. The molecule has 0 radical (unpaired) electrons. The van der Waals surface area contributed by atoms with Crippen LogP contribution in [0.1, 0.15) is 36.8 Å². The van der Waals surface area contributed by atoms with Crippen molar-refractivity contribution in [2.24, 2.45) is 11.8 Å². The molecular weight excluding hydrogens is 395 g/mol. The first-order valence-electron chi connectivity index (χ1n) is 10.2. The first-order chi connectivity index (χ1) is 14.3. The molecule has 0 aromatic heterocycles. The van der Waals surface area contributed by atoms with E-state index in [-0.39, 0.29) is 23.5 Å². The SMILES string of the molecule is O=C(NCc1ccccc1)[C@@H]1CCC[C@H]1C(O)CCc1ccc(OC(F)(F)F)cc1. The minimum Gasteiger partial charge on any atom is -0.406 e. The zero-order valence-electron chi connectivity index (χ0n) is 16.6. The molecule has 2 N–H and O–H groups in total. The second-order valence-electron chi connectivity index (χ2n) is 7.70. The molecule has 4 nitrogen and oxygen atoms in total. The van der Waals surface area contributed by atoms with Crippen molar-refractivity contribution in [3.63, 3.8) is 0 Å². The summed E-state index contributed by atoms with van der Waals surface area (Å²) in [6.45, 7) is 0.464. The van der Waals surface area contributed by atoms with Crippen molar-refractivity contribution in [3.05, 3.63) is 65.7 Å². The van der Waals surface area contributed by atoms with Crippen LogP contribution < -0.4 is 10.1 Å². The fourth-order valence-electron chi connectivity index (χ4n) is 4.08. The van der Waals surface area contributed by atoms with Crippen molar-refractivity contribution >= 4 is 5.91 Å². The molecule has 1 amide bonds. The maximum atomic E-state index is 12.6. The Bertz CT molecular complexity index is 809. The van der Waals surface area contributed by atoms with Crippen molar-refractivity contribution < 1.29 is 27.8 Å². The summed E-state index contributed by atoms with van der Waals surface area (Å²) in [5.74, 6) is -0.619. The summed E-state index contributed by atoms with van der Waals surface area (Å²) in [6.07, 6.45) is -1.93. The smallest absolute Gasteiger partial charge is 0.406 e. The molecule has 0 spiro atoms. The van der Waals surface area contributed by atoms with Crippen molar-refractivity contribution in [1.82, 2.24) is 5.32 Å². The van der Waals surface area contributed by atoms with Gasteiger partial charge < -0.3 is 15.2 Å². The number of nitrogens with one attached hydrogen (secondary N) is 1. The number of halogens is 3. The highest BCUT2D eigenvalue weighted by molar-refractivity contribution is 5.79. The standard InChI is InChI=1S/C23H26F3NO3/c24-23(25,26)30-18-12-9-16(10-13-18)11-14-21(28)19-7-4-8-20(19)22(29)27-15-17-5-2-1-3-6-17/h1-3,5-6,9-10,12-13,19-21,28H,4,7-8,11,14-15H2,(H,27,29)/t19-,20-,21?/m1/s1. The van der Waals surface area contributed by atoms with Crippen LogP contribution in [0.2, 0.25) is 0 Å². The third-order valence-corrected chi connectivity index (χ3v) is 5.60. The predicted molar refractivity (Wildman–Crippen MR) is 107 cm³/mol. The lowest BCUT2D eigenvalue weighted by Crippen LogP contribution is -2.36. The van der Waals surface area contributed by atoms with Gasteiger partial charge in [-0.1, -0.05) is 48.9 Å². The molecule has 0 saturated heterocycles. The normalized spacial score (nSPS) is 20.0. The van der Waals surface area contributed by atoms with E-state index in [9.17, 15) is 23.1 Å². The fraction of sp³-hybridized carbons (Fsp3) is 0.435. The van der Waals surface area contributed by atoms with E-state index in [1.807, 2.05) is 30.3 Å². The number of aliphatic hydroxyl groups is 1. The lowest BCUT2D eigenvalue weighted by Gasteiger charge is -2.24. The van der Waals surface area contributed by atoms with E-state index < -0.39 is 12.5 Å². The summed E-state index contributed by atoms with van der Waals surface area (Å²) >= 11 is 0. The average Bonchev–Trinajstić information content (AvgIpc) is 3.21. The van der Waals surface area contributed by atoms with Crippen molar-refractivity contribution in [3.8, 4) is 5.75 Å². The number of carbonyl (C=O) groups excluding carboxylic acids is 1. The molecule has 0 aliphatic heterocycles. The van der Waals surface area contributed by atoms with E-state index in [1.54, 1.807) is 12.1 Å². The van der Waals surface area contributed by atoms with Crippen LogP contribution in [0.4, 0.5) is 13.2 Å². The lowest BCUT2D eigenvalue weighted by atomic mass is 9.87. The van der Waals surface area contributed by atoms with Crippen LogP contribution in [0.25, 0.3) is 0 Å². The fourth-order valence-corrected chi connectivity index (χ4v) is 4.08. The highest BCUT2D eigenvalue weighted by Crippen LogP contribution is 2.36. The monoisotopic (exact) mass is 421 g/mol. The molecule has 7 heteroatoms. The molecule has 1 unspecified atom stereocenters. The predicted octanol–water partition coefficient (Wildman–Crippen LogP) is 4.61. The first kappa shape index (κ1) is 22.2. The number of aryl methyl sites for hydroxylation is 1. The quantitative estimate of drug-likeness (QED) is 0.654. The molecule has 1 aliphatic rings. The zero-order chi connectivity index (χ0) is 21.6. The number of benzene rings is 2. The second-order valence-corrected chi connectivity index (χ2v) is 7.70. The van der Waals surface area contributed by atoms with Crippen molar-refractivity contribution in [2.75, 3.05) is 0 Å². The minimum atomic E-state index is -4.71. The van der Waals surface area contributed by atoms with Gasteiger partial charge >= 0.3 is 6.36 Å². The van der Waals surface area contributed by atoms with E-state index in [1.165, 1.54) is 12.1 Å². The molecule has 30 heavy (non-hydrogen) atoms. The maximum absolute atomic E-state index is 12.6. The molecule has 162 valence electrons. The second kappa shape index (κ2) is 9.98. The van der Waals surface area contributed by atoms with E-state index in [0.29, 0.717) is 19.4 Å². The Labute approximate surface area is 174 Å². The number of hydrogen-bond acceptors (Lipinski definition) is 3. The molecule has 1 fully saturated rings. The Kier molecular flexibility index (Phi) is 7.37. The van der Waals surface area contributed by atoms with Gasteiger partial charge in [-0.05, 0) is 54.9 Å². The van der Waals surface area contributed by atoms with E-state index in [4.69, 9.17) is 0 Å². The lowest BCUT2D eigenvalue weighted by molar-refractivity contribution is -0.274. The maximum Gasteiger partial charge on any atom is 0.573 e. The molecule has 0 bridgehead atoms. The van der Waals surface area contributed by atoms with E-state index >= 15 is 0 Å². The van der Waals surface area contributed by atoms with Gasteiger partial charge in [-0.2, -0.15) is 0 Å². The highest BCUT2D eigenvalue weighted by Gasteiger charge is 2.37. The molecule has 3 atom stereocenters. The number of amides is 1. The van der Waals surface area contributed by atoms with Gasteiger partial charge in [0.2, 0.25) is 5.91 Å². The Balaban J connectivity index is 1.49. The molecular formula is C23H26F3NO3. The van der Waals surface area contributed by atoms with Crippen LogP contribution in [0.5, 0.6) is 5.75 Å². The number of alkyl halides is 3. The Hall–Kier alpha value is -2.54. The molecule has 0 heterocycles. The molecule has 2 aromatic carbocycles. The van der Waals surface area contributed by atoms with Gasteiger partial charge in [0, 0.05) is 12.5 Å². The Morgan fingerprint density at radius 3 is 2.43 bits per heavy atom. The third-order valence-electron chi connectivity index (χ3n) is 5.60. The van der Waals surface area contributed by atoms with Gasteiger partial charge in [0.15, 0.2) is 0 Å². The van der Waals surface area contributed by atoms with Crippen LogP contribution in [-0.4, -0.2) is 23.5 Å². The number of hydrogen-bond donors (Lipinski definition) is 2. The van der Waals surface area contributed by atoms with Gasteiger partial charge in [-0.25, -0.2) is 0 Å².